The predicted molar refractivity (Wildman–Crippen MR) is 235 cm³/mol. The zero-order valence-electron chi connectivity index (χ0n) is 36.6. The third-order valence-corrected chi connectivity index (χ3v) is 17.8. The van der Waals surface area contributed by atoms with E-state index in [1.165, 1.54) is 83.5 Å². The van der Waals surface area contributed by atoms with E-state index in [0.717, 1.165) is 115 Å². The van der Waals surface area contributed by atoms with Gasteiger partial charge in [-0.1, -0.05) is 18.2 Å². The Morgan fingerprint density at radius 1 is 0.831 bits per heavy atom. The van der Waals surface area contributed by atoms with Gasteiger partial charge in [-0.05, 0) is 207 Å². The van der Waals surface area contributed by atoms with Gasteiger partial charge in [0, 0.05) is 66.5 Å². The van der Waals surface area contributed by atoms with Gasteiger partial charge < -0.3 is 24.7 Å². The van der Waals surface area contributed by atoms with E-state index in [9.17, 15) is 14.4 Å². The Morgan fingerprint density at radius 3 is 2.00 bits per heavy atom. The lowest BCUT2D eigenvalue weighted by molar-refractivity contribution is -0.141. The number of amides is 2. The second kappa shape index (κ2) is 15.5. The summed E-state index contributed by atoms with van der Waals surface area (Å²) in [4.78, 5) is 49.1. The number of carbonyl (C=O) groups excluding carboxylic acids is 2. The van der Waals surface area contributed by atoms with E-state index in [0.29, 0.717) is 33.8 Å². The molecule has 318 valence electrons. The minimum atomic E-state index is -0.142. The monoisotopic (exact) mass is 802 g/mol. The van der Waals surface area contributed by atoms with Gasteiger partial charge in [-0.3, -0.25) is 14.4 Å². The van der Waals surface area contributed by atoms with Crippen LogP contribution in [0.25, 0.3) is 10.9 Å². The number of carbonyl (C=O) groups is 2. The number of aromatic amines is 1. The minimum absolute atomic E-state index is 0.135. The second-order valence-corrected chi connectivity index (χ2v) is 22.0. The number of aromatic nitrogens is 2. The van der Waals surface area contributed by atoms with Gasteiger partial charge >= 0.3 is 0 Å². The van der Waals surface area contributed by atoms with Gasteiger partial charge in [0.1, 0.15) is 0 Å². The number of piperidine rings is 1. The molecule has 3 heterocycles. The molecule has 2 aromatic heterocycles. The van der Waals surface area contributed by atoms with Crippen molar-refractivity contribution in [3.63, 3.8) is 0 Å². The number of hydrogen-bond acceptors (Lipinski definition) is 4. The molecule has 1 aromatic carbocycles. The minimum Gasteiger partial charge on any atom is -0.348 e. The highest BCUT2D eigenvalue weighted by Gasteiger charge is 2.53. The molecule has 2 N–H and O–H groups in total. The van der Waals surface area contributed by atoms with Crippen LogP contribution in [0.4, 0.5) is 0 Å². The van der Waals surface area contributed by atoms with Crippen LogP contribution >= 0.6 is 0 Å². The first-order valence-corrected chi connectivity index (χ1v) is 24.0. The first kappa shape index (κ1) is 39.7. The van der Waals surface area contributed by atoms with Gasteiger partial charge in [-0.2, -0.15) is 0 Å². The molecule has 12 rings (SSSR count). The zero-order chi connectivity index (χ0) is 40.6. The van der Waals surface area contributed by atoms with Crippen LogP contribution in [0.2, 0.25) is 0 Å². The number of nitrogens with one attached hydrogen (secondary N) is 2. The van der Waals surface area contributed by atoms with E-state index in [4.69, 9.17) is 0 Å². The molecule has 1 aliphatic heterocycles. The number of benzene rings is 1. The van der Waals surface area contributed by atoms with Crippen LogP contribution in [0.5, 0.6) is 0 Å². The fourth-order valence-corrected chi connectivity index (χ4v) is 16.0. The number of H-pyrrole nitrogens is 1. The molecule has 9 fully saturated rings. The number of nitrogens with zero attached hydrogens (tertiary/aromatic N) is 3. The molecule has 59 heavy (non-hydrogen) atoms. The molecule has 3 aromatic rings. The Labute approximate surface area is 352 Å². The maximum atomic E-state index is 14.6. The Morgan fingerprint density at radius 2 is 1.41 bits per heavy atom. The van der Waals surface area contributed by atoms with Gasteiger partial charge in [0.2, 0.25) is 5.91 Å². The lowest BCUT2D eigenvalue weighted by Crippen LogP contribution is -2.50. The van der Waals surface area contributed by atoms with Crippen LogP contribution in [-0.4, -0.2) is 63.9 Å². The number of pyridine rings is 1. The van der Waals surface area contributed by atoms with Gasteiger partial charge in [0.25, 0.3) is 11.5 Å². The van der Waals surface area contributed by atoms with Crippen molar-refractivity contribution in [2.75, 3.05) is 32.7 Å². The van der Waals surface area contributed by atoms with Crippen molar-refractivity contribution < 1.29 is 9.59 Å². The van der Waals surface area contributed by atoms with Crippen LogP contribution in [0, 0.1) is 73.0 Å². The molecule has 9 aliphatic rings. The van der Waals surface area contributed by atoms with Crippen molar-refractivity contribution in [3.8, 4) is 0 Å². The second-order valence-electron chi connectivity index (χ2n) is 22.0. The topological polar surface area (TPSA) is 90.4 Å². The Kier molecular flexibility index (Phi) is 10.4. The molecule has 0 unspecified atom stereocenters. The van der Waals surface area contributed by atoms with E-state index in [1.807, 2.05) is 26.0 Å². The molecule has 8 bridgehead atoms. The van der Waals surface area contributed by atoms with Gasteiger partial charge in [-0.25, -0.2) is 0 Å². The molecular formula is C51H71N5O3. The summed E-state index contributed by atoms with van der Waals surface area (Å²) in [5.74, 6) is 6.37. The van der Waals surface area contributed by atoms with E-state index in [1.54, 1.807) is 0 Å². The van der Waals surface area contributed by atoms with Crippen LogP contribution in [0.3, 0.4) is 0 Å². The Balaban J connectivity index is 0.797. The number of rotatable bonds is 13. The Bertz CT molecular complexity index is 2070. The summed E-state index contributed by atoms with van der Waals surface area (Å²) in [6, 6.07) is 10.5. The summed E-state index contributed by atoms with van der Waals surface area (Å²) in [5.41, 5.74) is 5.76. The van der Waals surface area contributed by atoms with Gasteiger partial charge in [0.15, 0.2) is 0 Å². The van der Waals surface area contributed by atoms with Crippen LogP contribution < -0.4 is 10.9 Å². The van der Waals surface area contributed by atoms with E-state index in [-0.39, 0.29) is 24.1 Å². The highest BCUT2D eigenvalue weighted by Crippen LogP contribution is 2.63. The van der Waals surface area contributed by atoms with Gasteiger partial charge in [-0.15, -0.1) is 0 Å². The number of hydrogen-bond donors (Lipinski definition) is 2. The molecule has 0 radical (unpaired) electrons. The summed E-state index contributed by atoms with van der Waals surface area (Å²) in [6.07, 6.45) is 21.3. The summed E-state index contributed by atoms with van der Waals surface area (Å²) in [6.45, 7) is 13.4. The Hall–Kier alpha value is -3.39. The lowest BCUT2D eigenvalue weighted by Gasteiger charge is -2.57. The molecular weight excluding hydrogens is 731 g/mol. The predicted octanol–water partition coefficient (Wildman–Crippen LogP) is 9.50. The number of likely N-dealkylation sites (tertiary alicyclic amines) is 1. The highest BCUT2D eigenvalue weighted by atomic mass is 16.2. The summed E-state index contributed by atoms with van der Waals surface area (Å²) >= 11 is 0. The SMILES string of the molecule is Cc1cc(C)c(CNC(=O)c2c(C)n([C@@H](C)C3CCN(CCN(CCC45CC6CC(CC(C6)C4)C5)C(=O)CC45CC6CC(CC(C6)C4)C5)CC3)c3ccccc23)c(=O)[nH]1. The first-order chi connectivity index (χ1) is 28.4. The average Bonchev–Trinajstić information content (AvgIpc) is 3.47. The maximum absolute atomic E-state index is 14.6. The van der Waals surface area contributed by atoms with Gasteiger partial charge in [0.05, 0.1) is 5.56 Å². The quantitative estimate of drug-likeness (QED) is 0.180. The van der Waals surface area contributed by atoms with E-state index >= 15 is 0 Å². The molecule has 8 nitrogen and oxygen atoms in total. The van der Waals surface area contributed by atoms with Crippen molar-refractivity contribution in [1.29, 1.82) is 0 Å². The van der Waals surface area contributed by atoms with Crippen molar-refractivity contribution in [1.82, 2.24) is 24.7 Å². The highest BCUT2D eigenvalue weighted by molar-refractivity contribution is 6.08. The normalized spacial score (nSPS) is 32.9. The molecule has 8 aliphatic carbocycles. The smallest absolute Gasteiger partial charge is 0.254 e. The van der Waals surface area contributed by atoms with Crippen molar-refractivity contribution in [2.24, 2.45) is 52.3 Å². The summed E-state index contributed by atoms with van der Waals surface area (Å²) < 4.78 is 2.41. The zero-order valence-corrected chi connectivity index (χ0v) is 36.6. The molecule has 8 saturated carbocycles. The maximum Gasteiger partial charge on any atom is 0.254 e. The fraction of sp³-hybridized carbons (Fsp3) is 0.706. The molecule has 2 amide bonds. The number of fused-ring (bicyclic) bond motifs is 1. The van der Waals surface area contributed by atoms with Crippen molar-refractivity contribution in [2.45, 2.75) is 143 Å². The largest absolute Gasteiger partial charge is 0.348 e. The summed E-state index contributed by atoms with van der Waals surface area (Å²) in [5, 5.41) is 4.05. The van der Waals surface area contributed by atoms with Crippen molar-refractivity contribution >= 4 is 22.7 Å². The van der Waals surface area contributed by atoms with Crippen molar-refractivity contribution in [3.05, 3.63) is 68.8 Å². The molecule has 8 heteroatoms. The number of aryl methyl sites for hydroxylation is 2. The standard InChI is InChI=1S/C51H71N5O3/c1-32-17-33(2)53-48(58)44(32)31-52-49(59)47-35(4)56(45-8-6-5-7-43(45)47)34(3)42-9-12-54(13-10-42)15-16-55(14-11-50-24-36-18-37(25-50)20-38(19-36)26-50)46(57)30-51-27-39-21-40(28-51)23-41(22-39)29-51/h5-8,17,34,36-42H,9-16,18-31H2,1-4H3,(H,52,59)(H,53,58)/t34-,36?,37?,38?,39?,40?,41?,50?,51?/m0/s1. The number of para-hydroxylation sites is 1. The average molecular weight is 802 g/mol. The molecule has 1 saturated heterocycles. The lowest BCUT2D eigenvalue weighted by atomic mass is 9.48. The van der Waals surface area contributed by atoms with Crippen LogP contribution in [0.15, 0.2) is 35.1 Å². The third kappa shape index (κ3) is 7.64. The summed E-state index contributed by atoms with van der Waals surface area (Å²) in [7, 11) is 0. The molecule has 0 spiro atoms. The third-order valence-electron chi connectivity index (χ3n) is 17.8. The van der Waals surface area contributed by atoms with E-state index < -0.39 is 0 Å². The van der Waals surface area contributed by atoms with E-state index in [2.05, 4.69) is 56.7 Å². The first-order valence-electron chi connectivity index (χ1n) is 24.0. The van der Waals surface area contributed by atoms with Crippen LogP contribution in [0.1, 0.15) is 149 Å². The van der Waals surface area contributed by atoms with Crippen LogP contribution in [-0.2, 0) is 11.3 Å². The fourth-order valence-electron chi connectivity index (χ4n) is 16.0. The molecule has 1 atom stereocenters.